The molecule has 12 heteroatoms. The van der Waals surface area contributed by atoms with E-state index in [9.17, 15) is 22.8 Å². The van der Waals surface area contributed by atoms with Gasteiger partial charge >= 0.3 is 12.3 Å². The highest BCUT2D eigenvalue weighted by Crippen LogP contribution is 2.50. The maximum atomic E-state index is 13.6. The lowest BCUT2D eigenvalue weighted by molar-refractivity contribution is -0.136. The van der Waals surface area contributed by atoms with Crippen LogP contribution in [0.2, 0.25) is 0 Å². The summed E-state index contributed by atoms with van der Waals surface area (Å²) in [7, 11) is 1.41. The van der Waals surface area contributed by atoms with Gasteiger partial charge in [-0.2, -0.15) is 13.2 Å². The van der Waals surface area contributed by atoms with Gasteiger partial charge in [0.15, 0.2) is 0 Å². The number of aromatic nitrogens is 1. The smallest absolute Gasteiger partial charge is 0.418 e. The molecule has 2 saturated heterocycles. The van der Waals surface area contributed by atoms with Gasteiger partial charge in [-0.25, -0.2) is 9.78 Å². The number of thiophene rings is 1. The van der Waals surface area contributed by atoms with Gasteiger partial charge in [-0.15, -0.1) is 11.3 Å². The minimum absolute atomic E-state index is 0.0207. The first-order chi connectivity index (χ1) is 15.7. The zero-order chi connectivity index (χ0) is 23.4. The highest BCUT2D eigenvalue weighted by molar-refractivity contribution is 7.17. The number of amides is 2. The van der Waals surface area contributed by atoms with E-state index in [4.69, 9.17) is 14.2 Å². The zero-order valence-corrected chi connectivity index (χ0v) is 18.6. The molecule has 1 spiro atoms. The lowest BCUT2D eigenvalue weighted by atomic mass is 9.62. The van der Waals surface area contributed by atoms with Crippen molar-refractivity contribution in [2.45, 2.75) is 25.1 Å². The number of hydrogen-bond donors (Lipinski definition) is 1. The topological polar surface area (TPSA) is 90.0 Å². The third kappa shape index (κ3) is 4.10. The number of alkyl halides is 3. The third-order valence-electron chi connectivity index (χ3n) is 6.35. The van der Waals surface area contributed by atoms with Gasteiger partial charge in [0, 0.05) is 42.9 Å². The zero-order valence-electron chi connectivity index (χ0n) is 17.7. The molecule has 0 bridgehead atoms. The van der Waals surface area contributed by atoms with E-state index in [2.05, 4.69) is 10.3 Å². The summed E-state index contributed by atoms with van der Waals surface area (Å²) < 4.78 is 56.9. The second-order valence-corrected chi connectivity index (χ2v) is 9.78. The number of carbonyl (C=O) groups excluding carboxylic acids is 2. The van der Waals surface area contributed by atoms with Crippen LogP contribution in [0, 0.1) is 11.3 Å². The Bertz CT molecular complexity index is 1090. The van der Waals surface area contributed by atoms with Gasteiger partial charge in [0.2, 0.25) is 5.88 Å². The standard InChI is InChI=1S/C21H22F3N3O5S/c1-25-18(28)13-8-33-17-14(21(22,23)24)2-15(26-16(13)17)32-12-3-20(4-12)9-27(10-20)19(29)31-7-11-5-30-6-11/h2,8,11-12H,3-7,9-10H2,1H3,(H,25,28). The first-order valence-corrected chi connectivity index (χ1v) is 11.4. The molecule has 8 nitrogen and oxygen atoms in total. The summed E-state index contributed by atoms with van der Waals surface area (Å²) >= 11 is 0.829. The maximum Gasteiger partial charge on any atom is 0.418 e. The largest absolute Gasteiger partial charge is 0.474 e. The van der Waals surface area contributed by atoms with E-state index in [0.717, 1.165) is 17.4 Å². The quantitative estimate of drug-likeness (QED) is 0.699. The summed E-state index contributed by atoms with van der Waals surface area (Å²) in [5.41, 5.74) is -0.894. The van der Waals surface area contributed by atoms with Gasteiger partial charge in [0.25, 0.3) is 5.91 Å². The number of pyridine rings is 1. The molecule has 33 heavy (non-hydrogen) atoms. The van der Waals surface area contributed by atoms with Crippen molar-refractivity contribution in [3.8, 4) is 5.88 Å². The Morgan fingerprint density at radius 1 is 1.33 bits per heavy atom. The molecule has 2 amide bonds. The van der Waals surface area contributed by atoms with E-state index in [1.54, 1.807) is 4.90 Å². The van der Waals surface area contributed by atoms with Crippen LogP contribution in [0.15, 0.2) is 11.4 Å². The van der Waals surface area contributed by atoms with E-state index < -0.39 is 17.6 Å². The number of nitrogens with one attached hydrogen (secondary N) is 1. The van der Waals surface area contributed by atoms with Crippen LogP contribution in [-0.2, 0) is 15.7 Å². The van der Waals surface area contributed by atoms with Crippen molar-refractivity contribution >= 4 is 33.6 Å². The van der Waals surface area contributed by atoms with Gasteiger partial charge in [0.05, 0.1) is 34.6 Å². The first-order valence-electron chi connectivity index (χ1n) is 10.5. The van der Waals surface area contributed by atoms with Crippen LogP contribution in [0.1, 0.15) is 28.8 Å². The van der Waals surface area contributed by atoms with Crippen molar-refractivity contribution in [1.82, 2.24) is 15.2 Å². The average molecular weight is 485 g/mol. The fraction of sp³-hybridized carbons (Fsp3) is 0.571. The SMILES string of the molecule is CNC(=O)c1csc2c(C(F)(F)F)cc(OC3CC4(C3)CN(C(=O)OCC3COC3)C4)nc12. The minimum Gasteiger partial charge on any atom is -0.474 e. The Balaban J connectivity index is 1.22. The van der Waals surface area contributed by atoms with E-state index in [1.807, 2.05) is 0 Å². The van der Waals surface area contributed by atoms with Crippen molar-refractivity contribution in [1.29, 1.82) is 0 Å². The van der Waals surface area contributed by atoms with Crippen LogP contribution in [-0.4, -0.2) is 67.9 Å². The number of carbonyl (C=O) groups is 2. The molecule has 1 aliphatic carbocycles. The third-order valence-corrected chi connectivity index (χ3v) is 7.35. The number of fused-ring (bicyclic) bond motifs is 1. The number of hydrogen-bond acceptors (Lipinski definition) is 7. The van der Waals surface area contributed by atoms with Crippen LogP contribution >= 0.6 is 11.3 Å². The Labute approximate surface area is 191 Å². The summed E-state index contributed by atoms with van der Waals surface area (Å²) in [6, 6.07) is 0.895. The normalized spacial score (nSPS) is 20.2. The molecule has 3 aliphatic rings. The second-order valence-electron chi connectivity index (χ2n) is 8.90. The molecule has 4 heterocycles. The molecular formula is C21H22F3N3O5S. The fourth-order valence-electron chi connectivity index (χ4n) is 4.52. The molecule has 1 saturated carbocycles. The number of likely N-dealkylation sites (tertiary alicyclic amines) is 1. The summed E-state index contributed by atoms with van der Waals surface area (Å²) in [4.78, 5) is 30.0. The van der Waals surface area contributed by atoms with Crippen molar-refractivity contribution in [3.05, 3.63) is 22.6 Å². The molecule has 1 N–H and O–H groups in total. The monoisotopic (exact) mass is 485 g/mol. The number of halogens is 3. The lowest BCUT2D eigenvalue weighted by Gasteiger charge is -2.57. The average Bonchev–Trinajstić information content (AvgIpc) is 3.09. The van der Waals surface area contributed by atoms with E-state index in [0.29, 0.717) is 45.8 Å². The maximum absolute atomic E-state index is 13.6. The number of rotatable bonds is 5. The molecule has 0 radical (unpaired) electrons. The minimum atomic E-state index is -4.61. The van der Waals surface area contributed by atoms with Crippen LogP contribution in [0.25, 0.3) is 10.2 Å². The number of nitrogens with zero attached hydrogens (tertiary/aromatic N) is 2. The Kier molecular flexibility index (Phi) is 5.39. The number of ether oxygens (including phenoxy) is 3. The van der Waals surface area contributed by atoms with Crippen molar-refractivity contribution in [2.75, 3.05) is 40.0 Å². The fourth-order valence-corrected chi connectivity index (χ4v) is 5.55. The Hall–Kier alpha value is -2.60. The van der Waals surface area contributed by atoms with E-state index in [1.165, 1.54) is 12.4 Å². The summed E-state index contributed by atoms with van der Waals surface area (Å²) in [6.45, 7) is 2.66. The van der Waals surface area contributed by atoms with Crippen molar-refractivity contribution < 1.29 is 37.0 Å². The molecule has 2 aliphatic heterocycles. The Morgan fingerprint density at radius 2 is 2.06 bits per heavy atom. The molecule has 0 unspecified atom stereocenters. The molecule has 0 aromatic carbocycles. The molecule has 3 fully saturated rings. The van der Waals surface area contributed by atoms with Gasteiger partial charge in [-0.3, -0.25) is 4.79 Å². The predicted octanol–water partition coefficient (Wildman–Crippen LogP) is 3.30. The van der Waals surface area contributed by atoms with Crippen LogP contribution in [0.5, 0.6) is 5.88 Å². The lowest BCUT2D eigenvalue weighted by Crippen LogP contribution is -2.66. The molecule has 0 atom stereocenters. The molecule has 2 aromatic heterocycles. The van der Waals surface area contributed by atoms with Crippen LogP contribution in [0.4, 0.5) is 18.0 Å². The van der Waals surface area contributed by atoms with Crippen molar-refractivity contribution in [2.24, 2.45) is 11.3 Å². The van der Waals surface area contributed by atoms with E-state index in [-0.39, 0.29) is 45.2 Å². The van der Waals surface area contributed by atoms with E-state index >= 15 is 0 Å². The van der Waals surface area contributed by atoms with Crippen LogP contribution in [0.3, 0.4) is 0 Å². The van der Waals surface area contributed by atoms with Crippen molar-refractivity contribution in [3.63, 3.8) is 0 Å². The van der Waals surface area contributed by atoms with Gasteiger partial charge < -0.3 is 24.4 Å². The summed E-state index contributed by atoms with van der Waals surface area (Å²) in [5, 5.41) is 3.79. The first kappa shape index (κ1) is 22.2. The summed E-state index contributed by atoms with van der Waals surface area (Å²) in [6.07, 6.45) is -4.03. The van der Waals surface area contributed by atoms with Gasteiger partial charge in [0.1, 0.15) is 12.7 Å². The Morgan fingerprint density at radius 3 is 2.67 bits per heavy atom. The molecule has 2 aromatic rings. The molecule has 5 rings (SSSR count). The molecular weight excluding hydrogens is 463 g/mol. The molecule has 178 valence electrons. The second kappa shape index (κ2) is 8.01. The van der Waals surface area contributed by atoms with Crippen LogP contribution < -0.4 is 10.1 Å². The van der Waals surface area contributed by atoms with Gasteiger partial charge in [-0.1, -0.05) is 0 Å². The summed E-state index contributed by atoms with van der Waals surface area (Å²) in [5.74, 6) is -0.395. The predicted molar refractivity (Wildman–Crippen MR) is 111 cm³/mol. The van der Waals surface area contributed by atoms with Gasteiger partial charge in [-0.05, 0) is 12.8 Å². The highest BCUT2D eigenvalue weighted by atomic mass is 32.1. The highest BCUT2D eigenvalue weighted by Gasteiger charge is 2.55.